The van der Waals surface area contributed by atoms with Crippen LogP contribution < -0.4 is 11.1 Å². The summed E-state index contributed by atoms with van der Waals surface area (Å²) in [4.78, 5) is 29.0. The molecule has 1 aromatic heterocycles. The Hall–Kier alpha value is -3.46. The van der Waals surface area contributed by atoms with E-state index in [1.54, 1.807) is 4.57 Å². The molecule has 7 rings (SSSR count). The van der Waals surface area contributed by atoms with Gasteiger partial charge in [-0.15, -0.1) is 0 Å². The summed E-state index contributed by atoms with van der Waals surface area (Å²) in [6.07, 6.45) is 3.57. The van der Waals surface area contributed by atoms with Crippen molar-refractivity contribution in [1.29, 1.82) is 0 Å². The van der Waals surface area contributed by atoms with Crippen molar-refractivity contribution < 1.29 is 0 Å². The van der Waals surface area contributed by atoms with E-state index in [-0.39, 0.29) is 28.0 Å². The van der Waals surface area contributed by atoms with Gasteiger partial charge in [-0.1, -0.05) is 92.5 Å². The van der Waals surface area contributed by atoms with Crippen molar-refractivity contribution in [3.8, 4) is 0 Å². The molecule has 0 atom stereocenters. The third kappa shape index (κ3) is 3.07. The van der Waals surface area contributed by atoms with E-state index in [9.17, 15) is 9.59 Å². The number of fused-ring (bicyclic) bond motifs is 3. The zero-order valence-corrected chi connectivity index (χ0v) is 25.1. The van der Waals surface area contributed by atoms with Gasteiger partial charge in [0.25, 0.3) is 11.1 Å². The molecule has 6 aromatic carbocycles. The SMILES string of the molecule is CCCC(CCC)n1c(=O)c2c3cc(C(C)(C)C)c4ccc5ccc6c(C(C)(C)C)cc(c2c1=O)c1c6c5c4c31. The molecule has 40 heavy (non-hydrogen) atoms. The molecule has 7 aromatic rings. The molecule has 0 saturated carbocycles. The lowest BCUT2D eigenvalue weighted by Gasteiger charge is -2.23. The van der Waals surface area contributed by atoms with Crippen molar-refractivity contribution in [1.82, 2.24) is 4.57 Å². The molecule has 0 bridgehead atoms. The standard InChI is InChI=1S/C37H39NO2/c1-9-11-20(12-10-2)38-34(39)32-23-17-25(36(3,4)5)21-15-13-19-14-16-22-26(37(6,7)8)18-24(33(32)35(38)40)31-29(22)27(19)28(21)30(23)31/h13-18,20H,9-12H2,1-8H3. The highest BCUT2D eigenvalue weighted by molar-refractivity contribution is 6.48. The van der Waals surface area contributed by atoms with E-state index < -0.39 is 0 Å². The van der Waals surface area contributed by atoms with Crippen LogP contribution in [0.5, 0.6) is 0 Å². The lowest BCUT2D eigenvalue weighted by Crippen LogP contribution is -2.30. The molecule has 0 amide bonds. The van der Waals surface area contributed by atoms with E-state index in [4.69, 9.17) is 0 Å². The minimum absolute atomic E-state index is 0.0669. The number of aromatic nitrogens is 1. The zero-order valence-electron chi connectivity index (χ0n) is 25.1. The predicted molar refractivity (Wildman–Crippen MR) is 173 cm³/mol. The number of hydrogen-bond acceptors (Lipinski definition) is 2. The average molecular weight is 530 g/mol. The van der Waals surface area contributed by atoms with E-state index in [1.165, 1.54) is 54.2 Å². The summed E-state index contributed by atoms with van der Waals surface area (Å²) in [5.74, 6) is 0. The van der Waals surface area contributed by atoms with Crippen LogP contribution in [-0.4, -0.2) is 4.57 Å². The van der Waals surface area contributed by atoms with Crippen molar-refractivity contribution in [2.45, 2.75) is 97.9 Å². The van der Waals surface area contributed by atoms with Crippen LogP contribution >= 0.6 is 0 Å². The Bertz CT molecular complexity index is 2040. The summed E-state index contributed by atoms with van der Waals surface area (Å²) >= 11 is 0. The molecule has 0 spiro atoms. The van der Waals surface area contributed by atoms with Gasteiger partial charge >= 0.3 is 0 Å². The van der Waals surface area contributed by atoms with E-state index in [2.05, 4.69) is 91.8 Å². The van der Waals surface area contributed by atoms with Crippen LogP contribution in [0.25, 0.3) is 64.6 Å². The summed E-state index contributed by atoms with van der Waals surface area (Å²) in [5, 5.41) is 13.1. The summed E-state index contributed by atoms with van der Waals surface area (Å²) in [7, 11) is 0. The predicted octanol–water partition coefficient (Wildman–Crippen LogP) is 9.62. The van der Waals surface area contributed by atoms with Gasteiger partial charge in [-0.05, 0) is 101 Å². The van der Waals surface area contributed by atoms with Crippen LogP contribution in [0.3, 0.4) is 0 Å². The number of benzene rings is 5. The first kappa shape index (κ1) is 25.5. The molecule has 3 heteroatoms. The Balaban J connectivity index is 1.86. The topological polar surface area (TPSA) is 39.1 Å². The molecule has 0 aliphatic heterocycles. The molecular formula is C37H39NO2. The first-order chi connectivity index (χ1) is 18.9. The second-order valence-electron chi connectivity index (χ2n) is 14.2. The summed E-state index contributed by atoms with van der Waals surface area (Å²) in [6.45, 7) is 17.8. The lowest BCUT2D eigenvalue weighted by atomic mass is 9.80. The van der Waals surface area contributed by atoms with Crippen molar-refractivity contribution in [3.05, 3.63) is 68.2 Å². The molecule has 204 valence electrons. The molecule has 0 saturated heterocycles. The zero-order chi connectivity index (χ0) is 28.5. The Morgan fingerprint density at radius 2 is 0.975 bits per heavy atom. The first-order valence-corrected chi connectivity index (χ1v) is 15.1. The highest BCUT2D eigenvalue weighted by atomic mass is 16.2. The van der Waals surface area contributed by atoms with Gasteiger partial charge < -0.3 is 0 Å². The fraction of sp³-hybridized carbons (Fsp3) is 0.405. The highest BCUT2D eigenvalue weighted by Crippen LogP contribution is 2.53. The Labute approximate surface area is 235 Å². The lowest BCUT2D eigenvalue weighted by molar-refractivity contribution is 0.413. The van der Waals surface area contributed by atoms with Crippen LogP contribution in [0.15, 0.2) is 46.0 Å². The second kappa shape index (κ2) is 8.06. The van der Waals surface area contributed by atoms with Gasteiger partial charge in [0.05, 0.1) is 10.8 Å². The Morgan fingerprint density at radius 3 is 1.35 bits per heavy atom. The average Bonchev–Trinajstić information content (AvgIpc) is 3.37. The van der Waals surface area contributed by atoms with Gasteiger partial charge in [-0.25, -0.2) is 0 Å². The maximum atomic E-state index is 14.5. The molecule has 0 unspecified atom stereocenters. The third-order valence-corrected chi connectivity index (χ3v) is 9.51. The molecule has 0 aliphatic rings. The molecule has 0 aliphatic carbocycles. The monoisotopic (exact) mass is 529 g/mol. The van der Waals surface area contributed by atoms with Crippen LogP contribution in [0, 0.1) is 0 Å². The van der Waals surface area contributed by atoms with E-state index in [1.807, 2.05) is 0 Å². The van der Waals surface area contributed by atoms with Gasteiger partial charge in [0.15, 0.2) is 0 Å². The van der Waals surface area contributed by atoms with E-state index >= 15 is 0 Å². The summed E-state index contributed by atoms with van der Waals surface area (Å²) in [6, 6.07) is 13.5. The van der Waals surface area contributed by atoms with Crippen LogP contribution in [-0.2, 0) is 10.8 Å². The van der Waals surface area contributed by atoms with Crippen molar-refractivity contribution in [2.75, 3.05) is 0 Å². The van der Waals surface area contributed by atoms with Crippen molar-refractivity contribution in [2.24, 2.45) is 0 Å². The van der Waals surface area contributed by atoms with Crippen molar-refractivity contribution in [3.63, 3.8) is 0 Å². The van der Waals surface area contributed by atoms with Gasteiger partial charge in [-0.2, -0.15) is 0 Å². The maximum absolute atomic E-state index is 14.5. The number of nitrogens with zero attached hydrogens (tertiary/aromatic N) is 1. The summed E-state index contributed by atoms with van der Waals surface area (Å²) in [5.41, 5.74) is 2.01. The fourth-order valence-electron chi connectivity index (χ4n) is 7.85. The Kier molecular flexibility index (Phi) is 5.14. The van der Waals surface area contributed by atoms with Crippen LogP contribution in [0.2, 0.25) is 0 Å². The van der Waals surface area contributed by atoms with E-state index in [0.29, 0.717) is 10.8 Å². The van der Waals surface area contributed by atoms with Gasteiger partial charge in [0.2, 0.25) is 0 Å². The maximum Gasteiger partial charge on any atom is 0.262 e. The minimum atomic E-state index is -0.124. The molecule has 0 radical (unpaired) electrons. The van der Waals surface area contributed by atoms with E-state index in [0.717, 1.165) is 36.5 Å². The molecular weight excluding hydrogens is 490 g/mol. The first-order valence-electron chi connectivity index (χ1n) is 15.1. The fourth-order valence-corrected chi connectivity index (χ4v) is 7.85. The molecule has 1 heterocycles. The molecule has 3 nitrogen and oxygen atoms in total. The second-order valence-corrected chi connectivity index (χ2v) is 14.2. The minimum Gasteiger partial charge on any atom is -0.271 e. The smallest absolute Gasteiger partial charge is 0.262 e. The molecule has 0 fully saturated rings. The number of rotatable bonds is 5. The van der Waals surface area contributed by atoms with Gasteiger partial charge in [0.1, 0.15) is 0 Å². The summed E-state index contributed by atoms with van der Waals surface area (Å²) < 4.78 is 1.63. The number of hydrogen-bond donors (Lipinski definition) is 0. The van der Waals surface area contributed by atoms with Crippen LogP contribution in [0.4, 0.5) is 0 Å². The normalized spacial score (nSPS) is 13.8. The van der Waals surface area contributed by atoms with Crippen LogP contribution in [0.1, 0.15) is 98.2 Å². The largest absolute Gasteiger partial charge is 0.271 e. The van der Waals surface area contributed by atoms with Gasteiger partial charge in [0, 0.05) is 6.04 Å². The van der Waals surface area contributed by atoms with Crippen molar-refractivity contribution >= 4 is 64.6 Å². The third-order valence-electron chi connectivity index (χ3n) is 9.51. The quantitative estimate of drug-likeness (QED) is 0.208. The molecule has 0 N–H and O–H groups in total. The van der Waals surface area contributed by atoms with Gasteiger partial charge in [-0.3, -0.25) is 14.2 Å². The Morgan fingerprint density at radius 1 is 0.575 bits per heavy atom. The highest BCUT2D eigenvalue weighted by Gasteiger charge is 2.32.